The summed E-state index contributed by atoms with van der Waals surface area (Å²) in [5.41, 5.74) is 0.986. The molecule has 1 fully saturated rings. The van der Waals surface area contributed by atoms with E-state index in [-0.39, 0.29) is 0 Å². The molecule has 0 aliphatic heterocycles. The molecule has 1 rings (SSSR count). The predicted octanol–water partition coefficient (Wildman–Crippen LogP) is 2.15. The fraction of sp³-hybridized carbons (Fsp3) is 1.00. The summed E-state index contributed by atoms with van der Waals surface area (Å²) in [6.45, 7) is 9.04. The van der Waals surface area contributed by atoms with Crippen molar-refractivity contribution in [3.05, 3.63) is 0 Å². The van der Waals surface area contributed by atoms with Crippen LogP contribution in [0.15, 0.2) is 0 Å². The Morgan fingerprint density at radius 3 is 1.71 bits per heavy atom. The van der Waals surface area contributed by atoms with Crippen molar-refractivity contribution in [1.29, 1.82) is 0 Å². The van der Waals surface area contributed by atoms with Crippen LogP contribution in [0.5, 0.6) is 0 Å². The minimum atomic E-state index is -0.902. The summed E-state index contributed by atoms with van der Waals surface area (Å²) < 4.78 is 0. The topological polar surface area (TPSA) is 24.1 Å². The predicted molar refractivity (Wildman–Crippen MR) is 65.9 cm³/mol. The quantitative estimate of drug-likeness (QED) is 0.685. The lowest BCUT2D eigenvalue weighted by atomic mass is 10.4. The molecule has 2 nitrogen and oxygen atoms in total. The second-order valence-corrected chi connectivity index (χ2v) is 7.73. The third-order valence-electron chi connectivity index (χ3n) is 2.90. The maximum absolute atomic E-state index is 3.78. The summed E-state index contributed by atoms with van der Waals surface area (Å²) in [6.07, 6.45) is 5.81. The van der Waals surface area contributed by atoms with E-state index in [0.29, 0.717) is 12.1 Å². The Morgan fingerprint density at radius 1 is 0.929 bits per heavy atom. The lowest BCUT2D eigenvalue weighted by molar-refractivity contribution is 0.647. The van der Waals surface area contributed by atoms with E-state index in [1.54, 1.807) is 0 Å². The molecule has 0 radical (unpaired) electrons. The number of nitrogens with one attached hydrogen (secondary N) is 2. The molecule has 0 amide bonds. The van der Waals surface area contributed by atoms with Gasteiger partial charge in [0.1, 0.15) is 0 Å². The van der Waals surface area contributed by atoms with Crippen molar-refractivity contribution in [1.82, 2.24) is 9.96 Å². The summed E-state index contributed by atoms with van der Waals surface area (Å²) in [7, 11) is -0.902. The van der Waals surface area contributed by atoms with Crippen LogP contribution in [0.2, 0.25) is 5.54 Å². The molecule has 14 heavy (non-hydrogen) atoms. The van der Waals surface area contributed by atoms with Crippen LogP contribution in [-0.2, 0) is 0 Å². The molecule has 1 aliphatic rings. The maximum atomic E-state index is 3.78. The number of rotatable bonds is 5. The van der Waals surface area contributed by atoms with Crippen molar-refractivity contribution in [3.63, 3.8) is 0 Å². The van der Waals surface area contributed by atoms with Gasteiger partial charge >= 0.3 is 0 Å². The van der Waals surface area contributed by atoms with Gasteiger partial charge in [0.05, 0.1) is 0 Å². The van der Waals surface area contributed by atoms with Crippen molar-refractivity contribution < 1.29 is 0 Å². The van der Waals surface area contributed by atoms with Crippen LogP contribution in [0.4, 0.5) is 0 Å². The van der Waals surface area contributed by atoms with Crippen LogP contribution in [-0.4, -0.2) is 21.2 Å². The van der Waals surface area contributed by atoms with Gasteiger partial charge in [-0.25, -0.2) is 0 Å². The molecule has 2 N–H and O–H groups in total. The van der Waals surface area contributed by atoms with Crippen LogP contribution in [0.3, 0.4) is 0 Å². The first-order valence-corrected chi connectivity index (χ1v) is 7.94. The zero-order valence-electron chi connectivity index (χ0n) is 10.1. The summed E-state index contributed by atoms with van der Waals surface area (Å²) in [4.78, 5) is 7.56. The Labute approximate surface area is 90.6 Å². The zero-order valence-corrected chi connectivity index (χ0v) is 11.3. The van der Waals surface area contributed by atoms with Gasteiger partial charge in [-0.2, -0.15) is 0 Å². The largest absolute Gasteiger partial charge is 0.325 e. The highest BCUT2D eigenvalue weighted by molar-refractivity contribution is 6.55. The molecule has 0 aromatic heterocycles. The number of hydrogen-bond acceptors (Lipinski definition) is 2. The molecular formula is C11H26N2Si. The van der Waals surface area contributed by atoms with E-state index in [9.17, 15) is 0 Å². The van der Waals surface area contributed by atoms with Gasteiger partial charge in [-0.1, -0.05) is 53.4 Å². The Hall–Kier alpha value is 0.137. The van der Waals surface area contributed by atoms with Crippen molar-refractivity contribution in [2.45, 2.75) is 71.0 Å². The van der Waals surface area contributed by atoms with Crippen molar-refractivity contribution in [2.24, 2.45) is 0 Å². The van der Waals surface area contributed by atoms with Crippen LogP contribution < -0.4 is 9.96 Å². The van der Waals surface area contributed by atoms with Crippen LogP contribution in [0.1, 0.15) is 53.4 Å². The molecule has 3 heteroatoms. The van der Waals surface area contributed by atoms with Gasteiger partial charge in [0.2, 0.25) is 0 Å². The van der Waals surface area contributed by atoms with Gasteiger partial charge in [-0.3, -0.25) is 0 Å². The van der Waals surface area contributed by atoms with Crippen molar-refractivity contribution in [3.8, 4) is 0 Å². The van der Waals surface area contributed by atoms with E-state index in [1.165, 1.54) is 25.7 Å². The maximum Gasteiger partial charge on any atom is 0.188 e. The average Bonchev–Trinajstić information content (AvgIpc) is 2.52. The third-order valence-corrected chi connectivity index (χ3v) is 6.56. The van der Waals surface area contributed by atoms with Gasteiger partial charge < -0.3 is 9.96 Å². The number of hydrogen-bond donors (Lipinski definition) is 2. The second kappa shape index (κ2) is 5.88. The highest BCUT2D eigenvalue weighted by atomic mass is 28.3. The molecule has 1 aliphatic carbocycles. The van der Waals surface area contributed by atoms with E-state index in [2.05, 4.69) is 37.7 Å². The first kappa shape index (κ1) is 12.2. The van der Waals surface area contributed by atoms with Crippen molar-refractivity contribution >= 4 is 9.12 Å². The summed E-state index contributed by atoms with van der Waals surface area (Å²) in [6, 6.07) is 1.28. The molecule has 0 aromatic rings. The lowest BCUT2D eigenvalue weighted by Crippen LogP contribution is -2.55. The Morgan fingerprint density at radius 2 is 1.36 bits per heavy atom. The Bertz CT molecular complexity index is 143. The first-order valence-electron chi connectivity index (χ1n) is 6.11. The highest BCUT2D eigenvalue weighted by Crippen LogP contribution is 2.31. The Kier molecular flexibility index (Phi) is 5.13. The fourth-order valence-electron chi connectivity index (χ4n) is 2.33. The average molecular weight is 214 g/mol. The molecular weight excluding hydrogens is 188 g/mol. The molecule has 0 bridgehead atoms. The minimum Gasteiger partial charge on any atom is -0.325 e. The standard InChI is InChI=1S/C11H26N2Si/c1-9(2)12-14(13-10(3)4)11-7-5-6-8-11/h9-14H,5-8H2,1-4H3. The third kappa shape index (κ3) is 4.11. The molecule has 0 atom stereocenters. The Balaban J connectivity index is 2.42. The SMILES string of the molecule is CC(C)N[SiH](NC(C)C)C1CCCC1. The van der Waals surface area contributed by atoms with E-state index in [4.69, 9.17) is 0 Å². The summed E-state index contributed by atoms with van der Waals surface area (Å²) >= 11 is 0. The smallest absolute Gasteiger partial charge is 0.188 e. The highest BCUT2D eigenvalue weighted by Gasteiger charge is 2.27. The molecule has 1 saturated carbocycles. The van der Waals surface area contributed by atoms with E-state index < -0.39 is 9.12 Å². The van der Waals surface area contributed by atoms with E-state index in [0.717, 1.165) is 5.54 Å². The molecule has 0 saturated heterocycles. The first-order chi connectivity index (χ1) is 6.59. The molecule has 84 valence electrons. The zero-order chi connectivity index (χ0) is 10.6. The lowest BCUT2D eigenvalue weighted by Gasteiger charge is -2.27. The summed E-state index contributed by atoms with van der Waals surface area (Å²) in [5, 5.41) is 0. The second-order valence-electron chi connectivity index (χ2n) is 5.16. The van der Waals surface area contributed by atoms with Gasteiger partial charge in [0.25, 0.3) is 0 Å². The normalized spacial score (nSPS) is 19.1. The molecule has 0 unspecified atom stereocenters. The van der Waals surface area contributed by atoms with E-state index in [1.807, 2.05) is 0 Å². The van der Waals surface area contributed by atoms with E-state index >= 15 is 0 Å². The van der Waals surface area contributed by atoms with Crippen LogP contribution in [0, 0.1) is 0 Å². The van der Waals surface area contributed by atoms with Gasteiger partial charge in [0, 0.05) is 0 Å². The monoisotopic (exact) mass is 214 g/mol. The van der Waals surface area contributed by atoms with Gasteiger partial charge in [-0.15, -0.1) is 0 Å². The minimum absolute atomic E-state index is 0.638. The summed E-state index contributed by atoms with van der Waals surface area (Å²) in [5.74, 6) is 0. The van der Waals surface area contributed by atoms with Gasteiger partial charge in [0.15, 0.2) is 9.12 Å². The molecule has 0 heterocycles. The fourth-order valence-corrected chi connectivity index (χ4v) is 5.54. The van der Waals surface area contributed by atoms with Gasteiger partial charge in [-0.05, 0) is 17.6 Å². The molecule has 0 spiro atoms. The van der Waals surface area contributed by atoms with Crippen LogP contribution >= 0.6 is 0 Å². The van der Waals surface area contributed by atoms with Crippen LogP contribution in [0.25, 0.3) is 0 Å². The molecule has 0 aromatic carbocycles. The van der Waals surface area contributed by atoms with Crippen molar-refractivity contribution in [2.75, 3.05) is 0 Å².